The van der Waals surface area contributed by atoms with E-state index < -0.39 is 11.8 Å². The fourth-order valence-electron chi connectivity index (χ4n) is 1.68. The van der Waals surface area contributed by atoms with E-state index in [4.69, 9.17) is 21.4 Å². The average molecular weight is 307 g/mol. The quantitative estimate of drug-likeness (QED) is 0.844. The van der Waals surface area contributed by atoms with E-state index in [0.29, 0.717) is 16.3 Å². The van der Waals surface area contributed by atoms with E-state index in [-0.39, 0.29) is 6.61 Å². The molecule has 0 aliphatic heterocycles. The number of hydrogen-bond acceptors (Lipinski definition) is 2. The first kappa shape index (κ1) is 15.1. The zero-order valence-electron chi connectivity index (χ0n) is 10.9. The van der Waals surface area contributed by atoms with E-state index in [2.05, 4.69) is 0 Å². The minimum Gasteiger partial charge on any atom is -0.489 e. The predicted molar refractivity (Wildman–Crippen MR) is 78.9 cm³/mol. The molecule has 0 unspecified atom stereocenters. The third-order valence-corrected chi connectivity index (χ3v) is 2.88. The van der Waals surface area contributed by atoms with Crippen LogP contribution in [-0.2, 0) is 11.4 Å². The summed E-state index contributed by atoms with van der Waals surface area (Å²) >= 11 is 5.78. The van der Waals surface area contributed by atoms with Gasteiger partial charge in [-0.05, 0) is 41.5 Å². The fourth-order valence-corrected chi connectivity index (χ4v) is 1.80. The van der Waals surface area contributed by atoms with Gasteiger partial charge in [0.2, 0.25) is 0 Å². The van der Waals surface area contributed by atoms with Gasteiger partial charge < -0.3 is 9.84 Å². The molecule has 21 heavy (non-hydrogen) atoms. The fraction of sp³-hybridized carbons (Fsp3) is 0.0625. The van der Waals surface area contributed by atoms with E-state index in [0.717, 1.165) is 11.6 Å². The van der Waals surface area contributed by atoms with E-state index in [9.17, 15) is 9.18 Å². The SMILES string of the molecule is O=C(O)/C=C/c1cc(F)cc(OCc2ccc(Cl)cc2)c1. The molecule has 0 saturated carbocycles. The van der Waals surface area contributed by atoms with Gasteiger partial charge >= 0.3 is 5.97 Å². The highest BCUT2D eigenvalue weighted by atomic mass is 35.5. The first-order valence-electron chi connectivity index (χ1n) is 6.12. The highest BCUT2D eigenvalue weighted by Gasteiger charge is 2.02. The van der Waals surface area contributed by atoms with Crippen molar-refractivity contribution in [2.24, 2.45) is 0 Å². The van der Waals surface area contributed by atoms with Crippen LogP contribution in [-0.4, -0.2) is 11.1 Å². The lowest BCUT2D eigenvalue weighted by Crippen LogP contribution is -1.96. The van der Waals surface area contributed by atoms with Crippen LogP contribution in [0.5, 0.6) is 5.75 Å². The van der Waals surface area contributed by atoms with Crippen LogP contribution in [0.25, 0.3) is 6.08 Å². The molecule has 0 atom stereocenters. The Balaban J connectivity index is 2.09. The minimum absolute atomic E-state index is 0.267. The van der Waals surface area contributed by atoms with Crippen molar-refractivity contribution in [1.82, 2.24) is 0 Å². The smallest absolute Gasteiger partial charge is 0.328 e. The van der Waals surface area contributed by atoms with E-state index in [1.165, 1.54) is 18.2 Å². The molecule has 2 aromatic carbocycles. The Kier molecular flexibility index (Phi) is 4.95. The summed E-state index contributed by atoms with van der Waals surface area (Å²) in [5, 5.41) is 9.20. The van der Waals surface area contributed by atoms with Crippen molar-refractivity contribution >= 4 is 23.6 Å². The molecule has 0 heterocycles. The van der Waals surface area contributed by atoms with Crippen molar-refractivity contribution in [3.63, 3.8) is 0 Å². The number of rotatable bonds is 5. The number of ether oxygens (including phenoxy) is 1. The van der Waals surface area contributed by atoms with Crippen molar-refractivity contribution in [2.45, 2.75) is 6.61 Å². The average Bonchev–Trinajstić information content (AvgIpc) is 2.44. The largest absolute Gasteiger partial charge is 0.489 e. The molecular formula is C16H12ClFO3. The second-order valence-electron chi connectivity index (χ2n) is 4.31. The number of aliphatic carboxylic acids is 1. The summed E-state index contributed by atoms with van der Waals surface area (Å²) in [4.78, 5) is 10.5. The number of benzene rings is 2. The maximum Gasteiger partial charge on any atom is 0.328 e. The maximum absolute atomic E-state index is 13.5. The van der Waals surface area contributed by atoms with Gasteiger partial charge in [0.15, 0.2) is 0 Å². The third kappa shape index (κ3) is 4.93. The molecular weight excluding hydrogens is 295 g/mol. The molecule has 0 fully saturated rings. The van der Waals surface area contributed by atoms with Crippen LogP contribution in [0, 0.1) is 5.82 Å². The zero-order valence-corrected chi connectivity index (χ0v) is 11.7. The second-order valence-corrected chi connectivity index (χ2v) is 4.74. The van der Waals surface area contributed by atoms with Gasteiger partial charge in [0, 0.05) is 17.2 Å². The number of carboxylic acids is 1. The molecule has 0 radical (unpaired) electrons. The summed E-state index contributed by atoms with van der Waals surface area (Å²) in [5.74, 6) is -1.26. The van der Waals surface area contributed by atoms with Crippen molar-refractivity contribution in [2.75, 3.05) is 0 Å². The van der Waals surface area contributed by atoms with Gasteiger partial charge in [-0.15, -0.1) is 0 Å². The van der Waals surface area contributed by atoms with Gasteiger partial charge in [0.1, 0.15) is 18.2 Å². The first-order valence-corrected chi connectivity index (χ1v) is 6.49. The van der Waals surface area contributed by atoms with Gasteiger partial charge in [-0.2, -0.15) is 0 Å². The molecule has 0 aliphatic rings. The van der Waals surface area contributed by atoms with E-state index in [1.54, 1.807) is 18.2 Å². The first-order chi connectivity index (χ1) is 10.0. The Morgan fingerprint density at radius 3 is 2.62 bits per heavy atom. The maximum atomic E-state index is 13.5. The Hall–Kier alpha value is -2.33. The Labute approximate surface area is 126 Å². The lowest BCUT2D eigenvalue weighted by Gasteiger charge is -2.07. The molecule has 0 aromatic heterocycles. The summed E-state index contributed by atoms with van der Waals surface area (Å²) in [5.41, 5.74) is 1.31. The van der Waals surface area contributed by atoms with Gasteiger partial charge in [-0.25, -0.2) is 9.18 Å². The zero-order chi connectivity index (χ0) is 15.2. The number of halogens is 2. The summed E-state index contributed by atoms with van der Waals surface area (Å²) in [6.07, 6.45) is 2.25. The molecule has 2 rings (SSSR count). The molecule has 0 aliphatic carbocycles. The molecule has 0 amide bonds. The molecule has 0 saturated heterocycles. The van der Waals surface area contributed by atoms with Crippen LogP contribution in [0.3, 0.4) is 0 Å². The number of carbonyl (C=O) groups is 1. The van der Waals surface area contributed by atoms with Crippen molar-refractivity contribution in [1.29, 1.82) is 0 Å². The van der Waals surface area contributed by atoms with Crippen LogP contribution in [0.4, 0.5) is 4.39 Å². The van der Waals surface area contributed by atoms with Crippen LogP contribution >= 0.6 is 11.6 Å². The highest BCUT2D eigenvalue weighted by molar-refractivity contribution is 6.30. The molecule has 1 N–H and O–H groups in total. The van der Waals surface area contributed by atoms with Gasteiger partial charge in [-0.3, -0.25) is 0 Å². The summed E-state index contributed by atoms with van der Waals surface area (Å²) in [6, 6.07) is 11.2. The summed E-state index contributed by atoms with van der Waals surface area (Å²) in [6.45, 7) is 0.267. The standard InChI is InChI=1S/C16H12ClFO3/c17-13-4-1-11(2-5-13)10-21-15-8-12(3-6-16(19)20)7-14(18)9-15/h1-9H,10H2,(H,19,20)/b6-3+. The van der Waals surface area contributed by atoms with Crippen LogP contribution in [0.15, 0.2) is 48.5 Å². The van der Waals surface area contributed by atoms with Crippen LogP contribution < -0.4 is 4.74 Å². The minimum atomic E-state index is -1.09. The molecule has 0 spiro atoms. The Bertz CT molecular complexity index is 666. The van der Waals surface area contributed by atoms with Crippen molar-refractivity contribution < 1.29 is 19.0 Å². The van der Waals surface area contributed by atoms with Gasteiger partial charge in [0.05, 0.1) is 0 Å². The van der Waals surface area contributed by atoms with Crippen LogP contribution in [0.1, 0.15) is 11.1 Å². The normalized spacial score (nSPS) is 10.8. The number of carboxylic acid groups (broad SMARTS) is 1. The topological polar surface area (TPSA) is 46.5 Å². The van der Waals surface area contributed by atoms with E-state index >= 15 is 0 Å². The lowest BCUT2D eigenvalue weighted by atomic mass is 10.2. The molecule has 0 bridgehead atoms. The molecule has 2 aromatic rings. The summed E-state index contributed by atoms with van der Waals surface area (Å²) in [7, 11) is 0. The lowest BCUT2D eigenvalue weighted by molar-refractivity contribution is -0.131. The Morgan fingerprint density at radius 1 is 1.24 bits per heavy atom. The van der Waals surface area contributed by atoms with Crippen LogP contribution in [0.2, 0.25) is 5.02 Å². The predicted octanol–water partition coefficient (Wildman–Crippen LogP) is 4.16. The second kappa shape index (κ2) is 6.90. The van der Waals surface area contributed by atoms with E-state index in [1.807, 2.05) is 12.1 Å². The molecule has 3 nitrogen and oxygen atoms in total. The summed E-state index contributed by atoms with van der Waals surface area (Å²) < 4.78 is 18.9. The molecule has 108 valence electrons. The third-order valence-electron chi connectivity index (χ3n) is 2.63. The van der Waals surface area contributed by atoms with Crippen molar-refractivity contribution in [3.8, 4) is 5.75 Å². The highest BCUT2D eigenvalue weighted by Crippen LogP contribution is 2.19. The van der Waals surface area contributed by atoms with Crippen molar-refractivity contribution in [3.05, 3.63) is 70.5 Å². The van der Waals surface area contributed by atoms with Gasteiger partial charge in [-0.1, -0.05) is 23.7 Å². The number of hydrogen-bond donors (Lipinski definition) is 1. The monoisotopic (exact) mass is 306 g/mol. The van der Waals surface area contributed by atoms with Gasteiger partial charge in [0.25, 0.3) is 0 Å². The molecule has 5 heteroatoms. The Morgan fingerprint density at radius 2 is 1.95 bits per heavy atom.